The van der Waals surface area contributed by atoms with Crippen molar-refractivity contribution in [1.82, 2.24) is 0 Å². The molecule has 0 saturated heterocycles. The van der Waals surface area contributed by atoms with Gasteiger partial charge in [0.15, 0.2) is 0 Å². The molecule has 1 aromatic rings. The summed E-state index contributed by atoms with van der Waals surface area (Å²) >= 11 is 0. The minimum Gasteiger partial charge on any atom is -0.508 e. The SMILES string of the molecule is C=C(C(N)=O)c1ccc(O)cc1. The van der Waals surface area contributed by atoms with Crippen LogP contribution in [-0.4, -0.2) is 11.0 Å². The fourth-order valence-corrected chi connectivity index (χ4v) is 0.805. The molecule has 3 nitrogen and oxygen atoms in total. The first-order chi connectivity index (χ1) is 5.61. The van der Waals surface area contributed by atoms with E-state index >= 15 is 0 Å². The molecule has 0 aliphatic heterocycles. The number of hydrogen-bond donors (Lipinski definition) is 2. The van der Waals surface area contributed by atoms with Crippen LogP contribution in [0, 0.1) is 0 Å². The van der Waals surface area contributed by atoms with Crippen LogP contribution in [0.2, 0.25) is 0 Å². The predicted molar refractivity (Wildman–Crippen MR) is 46.3 cm³/mol. The smallest absolute Gasteiger partial charge is 0.248 e. The number of phenols is 1. The van der Waals surface area contributed by atoms with E-state index in [-0.39, 0.29) is 11.3 Å². The second kappa shape index (κ2) is 3.09. The standard InChI is InChI=1S/C9H9NO2/c1-6(9(10)12)7-2-4-8(11)5-3-7/h2-5,11H,1H2,(H2,10,12). The number of aromatic hydroxyl groups is 1. The van der Waals surface area contributed by atoms with Gasteiger partial charge in [-0.25, -0.2) is 0 Å². The van der Waals surface area contributed by atoms with Gasteiger partial charge in [0.1, 0.15) is 5.75 Å². The van der Waals surface area contributed by atoms with Crippen molar-refractivity contribution in [3.63, 3.8) is 0 Å². The summed E-state index contributed by atoms with van der Waals surface area (Å²) in [4.78, 5) is 10.6. The first-order valence-electron chi connectivity index (χ1n) is 3.39. The van der Waals surface area contributed by atoms with Crippen LogP contribution >= 0.6 is 0 Å². The van der Waals surface area contributed by atoms with Gasteiger partial charge >= 0.3 is 0 Å². The zero-order valence-corrected chi connectivity index (χ0v) is 6.45. The van der Waals surface area contributed by atoms with Crippen molar-refractivity contribution in [3.8, 4) is 5.75 Å². The first kappa shape index (κ1) is 8.33. The summed E-state index contributed by atoms with van der Waals surface area (Å²) in [5.41, 5.74) is 5.88. The number of nitrogens with two attached hydrogens (primary N) is 1. The van der Waals surface area contributed by atoms with Gasteiger partial charge in [-0.1, -0.05) is 18.7 Å². The van der Waals surface area contributed by atoms with Crippen LogP contribution in [0.1, 0.15) is 5.56 Å². The maximum Gasteiger partial charge on any atom is 0.248 e. The Labute approximate surface area is 70.1 Å². The molecule has 0 fully saturated rings. The monoisotopic (exact) mass is 163 g/mol. The molecule has 0 aliphatic rings. The zero-order valence-electron chi connectivity index (χ0n) is 6.45. The Balaban J connectivity index is 2.98. The number of rotatable bonds is 2. The fraction of sp³-hybridized carbons (Fsp3) is 0. The first-order valence-corrected chi connectivity index (χ1v) is 3.39. The largest absolute Gasteiger partial charge is 0.508 e. The van der Waals surface area contributed by atoms with Gasteiger partial charge in [-0.05, 0) is 17.7 Å². The number of phenolic OH excluding ortho intramolecular Hbond substituents is 1. The maximum atomic E-state index is 10.6. The Kier molecular flexibility index (Phi) is 2.14. The van der Waals surface area contributed by atoms with Gasteiger partial charge in [0.25, 0.3) is 0 Å². The Bertz CT molecular complexity index is 314. The Hall–Kier alpha value is -1.77. The van der Waals surface area contributed by atoms with E-state index in [0.717, 1.165) is 0 Å². The van der Waals surface area contributed by atoms with Crippen molar-refractivity contribution in [2.45, 2.75) is 0 Å². The van der Waals surface area contributed by atoms with Gasteiger partial charge < -0.3 is 10.8 Å². The molecule has 0 spiro atoms. The molecule has 0 saturated carbocycles. The van der Waals surface area contributed by atoms with Gasteiger partial charge in [-0.3, -0.25) is 4.79 Å². The van der Waals surface area contributed by atoms with Crippen LogP contribution in [0.15, 0.2) is 30.8 Å². The number of amides is 1. The summed E-state index contributed by atoms with van der Waals surface area (Å²) in [6, 6.07) is 6.12. The number of benzene rings is 1. The van der Waals surface area contributed by atoms with Gasteiger partial charge in [0.05, 0.1) is 0 Å². The van der Waals surface area contributed by atoms with E-state index in [9.17, 15) is 4.79 Å². The lowest BCUT2D eigenvalue weighted by atomic mass is 10.1. The third-order valence-corrected chi connectivity index (χ3v) is 1.51. The average Bonchev–Trinajstić information content (AvgIpc) is 2.04. The van der Waals surface area contributed by atoms with E-state index in [4.69, 9.17) is 10.8 Å². The van der Waals surface area contributed by atoms with E-state index in [1.54, 1.807) is 12.1 Å². The number of primary amides is 1. The third kappa shape index (κ3) is 1.63. The molecule has 62 valence electrons. The lowest BCUT2D eigenvalue weighted by Gasteiger charge is -2.00. The normalized spacial score (nSPS) is 9.33. The Morgan fingerprint density at radius 2 is 1.83 bits per heavy atom. The topological polar surface area (TPSA) is 63.3 Å². The van der Waals surface area contributed by atoms with Crippen molar-refractivity contribution in [3.05, 3.63) is 36.4 Å². The molecule has 1 rings (SSSR count). The Morgan fingerprint density at radius 1 is 1.33 bits per heavy atom. The van der Waals surface area contributed by atoms with Crippen LogP contribution < -0.4 is 5.73 Å². The maximum absolute atomic E-state index is 10.6. The lowest BCUT2D eigenvalue weighted by molar-refractivity contribution is -0.112. The third-order valence-electron chi connectivity index (χ3n) is 1.51. The van der Waals surface area contributed by atoms with E-state index < -0.39 is 5.91 Å². The molecule has 0 radical (unpaired) electrons. The molecule has 3 N–H and O–H groups in total. The van der Waals surface area contributed by atoms with Crippen LogP contribution in [0.5, 0.6) is 5.75 Å². The lowest BCUT2D eigenvalue weighted by Crippen LogP contribution is -2.11. The number of hydrogen-bond acceptors (Lipinski definition) is 2. The van der Waals surface area contributed by atoms with E-state index in [2.05, 4.69) is 6.58 Å². The molecule has 1 aromatic carbocycles. The summed E-state index contributed by atoms with van der Waals surface area (Å²) in [6.45, 7) is 3.50. The van der Waals surface area contributed by atoms with Crippen molar-refractivity contribution in [2.75, 3.05) is 0 Å². The van der Waals surface area contributed by atoms with Crippen LogP contribution in [-0.2, 0) is 4.79 Å². The molecule has 0 atom stereocenters. The molecule has 0 heterocycles. The fourth-order valence-electron chi connectivity index (χ4n) is 0.805. The molecule has 0 unspecified atom stereocenters. The molecule has 0 aromatic heterocycles. The predicted octanol–water partition coefficient (Wildman–Crippen LogP) is 0.891. The minimum atomic E-state index is -0.555. The highest BCUT2D eigenvalue weighted by Gasteiger charge is 2.03. The Morgan fingerprint density at radius 3 is 2.25 bits per heavy atom. The van der Waals surface area contributed by atoms with E-state index in [0.29, 0.717) is 5.56 Å². The van der Waals surface area contributed by atoms with E-state index in [1.165, 1.54) is 12.1 Å². The number of carbonyl (C=O) groups is 1. The van der Waals surface area contributed by atoms with Crippen molar-refractivity contribution in [2.24, 2.45) is 5.73 Å². The highest BCUT2D eigenvalue weighted by Crippen LogP contribution is 2.15. The van der Waals surface area contributed by atoms with Gasteiger partial charge in [0, 0.05) is 5.57 Å². The van der Waals surface area contributed by atoms with Crippen molar-refractivity contribution >= 4 is 11.5 Å². The van der Waals surface area contributed by atoms with E-state index in [1.807, 2.05) is 0 Å². The summed E-state index contributed by atoms with van der Waals surface area (Å²) in [7, 11) is 0. The number of carbonyl (C=O) groups excluding carboxylic acids is 1. The summed E-state index contributed by atoms with van der Waals surface area (Å²) in [5.74, 6) is -0.406. The quantitative estimate of drug-likeness (QED) is 0.636. The highest BCUT2D eigenvalue weighted by molar-refractivity contribution is 6.17. The van der Waals surface area contributed by atoms with Crippen LogP contribution in [0.3, 0.4) is 0 Å². The van der Waals surface area contributed by atoms with Gasteiger partial charge in [0.2, 0.25) is 5.91 Å². The molecular weight excluding hydrogens is 154 g/mol. The average molecular weight is 163 g/mol. The second-order valence-electron chi connectivity index (χ2n) is 2.39. The zero-order chi connectivity index (χ0) is 9.14. The van der Waals surface area contributed by atoms with Gasteiger partial charge in [-0.2, -0.15) is 0 Å². The highest BCUT2D eigenvalue weighted by atomic mass is 16.3. The van der Waals surface area contributed by atoms with Crippen molar-refractivity contribution < 1.29 is 9.90 Å². The summed E-state index contributed by atoms with van der Waals surface area (Å²) in [6.07, 6.45) is 0. The second-order valence-corrected chi connectivity index (χ2v) is 2.39. The molecule has 0 aliphatic carbocycles. The molecule has 1 amide bonds. The molecule has 0 bridgehead atoms. The summed E-state index contributed by atoms with van der Waals surface area (Å²) in [5, 5.41) is 8.93. The molecule has 12 heavy (non-hydrogen) atoms. The van der Waals surface area contributed by atoms with Crippen LogP contribution in [0.4, 0.5) is 0 Å². The molecule has 3 heteroatoms. The minimum absolute atomic E-state index is 0.149. The van der Waals surface area contributed by atoms with Crippen LogP contribution in [0.25, 0.3) is 5.57 Å². The molecular formula is C9H9NO2. The van der Waals surface area contributed by atoms with Gasteiger partial charge in [-0.15, -0.1) is 0 Å². The van der Waals surface area contributed by atoms with Crippen molar-refractivity contribution in [1.29, 1.82) is 0 Å². The summed E-state index contributed by atoms with van der Waals surface area (Å²) < 4.78 is 0.